The third kappa shape index (κ3) is 5.30. The number of benzene rings is 1. The molecule has 0 atom stereocenters. The van der Waals surface area contributed by atoms with Crippen LogP contribution in [0.5, 0.6) is 11.5 Å². The number of aliphatic imine (C=N–C) groups is 3. The Balaban J connectivity index is 1.40. The second-order valence-corrected chi connectivity index (χ2v) is 9.14. The van der Waals surface area contributed by atoms with E-state index in [0.29, 0.717) is 11.6 Å². The Morgan fingerprint density at radius 2 is 2.03 bits per heavy atom. The van der Waals surface area contributed by atoms with Crippen LogP contribution in [0.1, 0.15) is 45.6 Å². The number of nitrogens with one attached hydrogen (secondary N) is 1. The van der Waals surface area contributed by atoms with Gasteiger partial charge in [-0.1, -0.05) is 13.0 Å². The van der Waals surface area contributed by atoms with Gasteiger partial charge in [0.25, 0.3) is 0 Å². The van der Waals surface area contributed by atoms with Gasteiger partial charge in [0.05, 0.1) is 5.70 Å². The first-order chi connectivity index (χ1) is 18.1. The Bertz CT molecular complexity index is 1450. The first-order valence-electron chi connectivity index (χ1n) is 12.7. The lowest BCUT2D eigenvalue weighted by molar-refractivity contribution is 0.416. The van der Waals surface area contributed by atoms with E-state index in [4.69, 9.17) is 9.73 Å². The highest BCUT2D eigenvalue weighted by Crippen LogP contribution is 2.28. The van der Waals surface area contributed by atoms with E-state index >= 15 is 0 Å². The number of ether oxygens (including phenoxy) is 1. The Morgan fingerprint density at radius 3 is 2.78 bits per heavy atom. The third-order valence-electron chi connectivity index (χ3n) is 6.58. The number of anilines is 1. The second-order valence-electron chi connectivity index (χ2n) is 9.14. The van der Waals surface area contributed by atoms with Crippen molar-refractivity contribution in [1.82, 2.24) is 19.5 Å². The molecule has 9 heteroatoms. The number of allylic oxidation sites excluding steroid dienone is 2. The molecule has 0 saturated carbocycles. The minimum atomic E-state index is 0.675. The van der Waals surface area contributed by atoms with E-state index < -0.39 is 0 Å². The third-order valence-corrected chi connectivity index (χ3v) is 6.58. The molecule has 5 rings (SSSR count). The lowest BCUT2D eigenvalue weighted by Crippen LogP contribution is -2.29. The SMILES string of the molecule is C/C=C1/N=CN=C(Nc2ccc(Oc3ccn4ncnc4c3)c(C)c2)/C1=N/C(=C(\C)CC)N1CCCC1. The Labute approximate surface area is 217 Å². The van der Waals surface area contributed by atoms with Crippen molar-refractivity contribution in [3.8, 4) is 11.5 Å². The zero-order chi connectivity index (χ0) is 25.8. The number of pyridine rings is 1. The second kappa shape index (κ2) is 10.8. The molecule has 0 amide bonds. The molecule has 0 bridgehead atoms. The topological polar surface area (TPSA) is 91.8 Å². The van der Waals surface area contributed by atoms with E-state index in [1.165, 1.54) is 24.7 Å². The summed E-state index contributed by atoms with van der Waals surface area (Å²) in [6.07, 6.45) is 10.2. The molecule has 37 heavy (non-hydrogen) atoms. The summed E-state index contributed by atoms with van der Waals surface area (Å²) in [4.78, 5) is 20.8. The number of aromatic nitrogens is 3. The van der Waals surface area contributed by atoms with Crippen LogP contribution in [0.3, 0.4) is 0 Å². The van der Waals surface area contributed by atoms with Gasteiger partial charge in [-0.05, 0) is 75.4 Å². The van der Waals surface area contributed by atoms with Crippen molar-refractivity contribution < 1.29 is 4.74 Å². The highest BCUT2D eigenvalue weighted by atomic mass is 16.5. The van der Waals surface area contributed by atoms with Gasteiger partial charge in [0, 0.05) is 31.0 Å². The van der Waals surface area contributed by atoms with E-state index in [2.05, 4.69) is 44.1 Å². The molecule has 190 valence electrons. The molecule has 2 aliphatic heterocycles. The van der Waals surface area contributed by atoms with Crippen LogP contribution in [-0.2, 0) is 0 Å². The Hall–Kier alpha value is -4.27. The Kier molecular flexibility index (Phi) is 7.11. The summed E-state index contributed by atoms with van der Waals surface area (Å²) >= 11 is 0. The standard InChI is InChI=1S/C28H32N8O/c1-5-19(3)28(35-12-7-8-13-35)34-26-23(6-2)29-17-31-27(26)33-21-9-10-24(20(4)15-21)37-22-11-14-36-25(16-22)30-18-32-36/h6,9-11,14-18H,5,7-8,12-13H2,1-4H3,(H,29,31,33)/b23-6+,28-19-,34-26+. The minimum absolute atomic E-state index is 0.675. The number of amidine groups is 1. The predicted octanol–water partition coefficient (Wildman–Crippen LogP) is 5.76. The normalized spacial score (nSPS) is 18.5. The first-order valence-corrected chi connectivity index (χ1v) is 12.7. The highest BCUT2D eigenvalue weighted by molar-refractivity contribution is 6.52. The molecule has 9 nitrogen and oxygen atoms in total. The molecule has 2 aromatic heterocycles. The quantitative estimate of drug-likeness (QED) is 0.468. The van der Waals surface area contributed by atoms with Crippen molar-refractivity contribution in [2.45, 2.75) is 47.0 Å². The van der Waals surface area contributed by atoms with Crippen molar-refractivity contribution in [2.24, 2.45) is 15.0 Å². The average molecular weight is 497 g/mol. The summed E-state index contributed by atoms with van der Waals surface area (Å²) in [7, 11) is 0. The largest absolute Gasteiger partial charge is 0.457 e. The van der Waals surface area contributed by atoms with Crippen LogP contribution in [0, 0.1) is 6.92 Å². The van der Waals surface area contributed by atoms with Crippen LogP contribution in [0.25, 0.3) is 5.65 Å². The van der Waals surface area contributed by atoms with Crippen molar-refractivity contribution in [3.63, 3.8) is 0 Å². The van der Waals surface area contributed by atoms with E-state index in [0.717, 1.165) is 59.4 Å². The maximum absolute atomic E-state index is 6.13. The zero-order valence-electron chi connectivity index (χ0n) is 21.8. The molecular weight excluding hydrogens is 464 g/mol. The maximum atomic E-state index is 6.13. The molecule has 1 saturated heterocycles. The van der Waals surface area contributed by atoms with Gasteiger partial charge in [0.15, 0.2) is 11.5 Å². The van der Waals surface area contributed by atoms with Gasteiger partial charge in [0.2, 0.25) is 0 Å². The molecule has 4 heterocycles. The summed E-state index contributed by atoms with van der Waals surface area (Å²) in [5, 5.41) is 7.60. The van der Waals surface area contributed by atoms with E-state index in [1.54, 1.807) is 10.9 Å². The summed E-state index contributed by atoms with van der Waals surface area (Å²) in [6.45, 7) is 10.4. The van der Waals surface area contributed by atoms with Crippen LogP contribution in [0.2, 0.25) is 0 Å². The molecule has 1 N–H and O–H groups in total. The van der Waals surface area contributed by atoms with Crippen LogP contribution in [-0.4, -0.2) is 50.5 Å². The summed E-state index contributed by atoms with van der Waals surface area (Å²) in [5.41, 5.74) is 5.44. The van der Waals surface area contributed by atoms with Crippen LogP contribution in [0.15, 0.2) is 81.0 Å². The van der Waals surface area contributed by atoms with Gasteiger partial charge in [0.1, 0.15) is 35.7 Å². The first kappa shape index (κ1) is 24.4. The number of fused-ring (bicyclic) bond motifs is 1. The highest BCUT2D eigenvalue weighted by Gasteiger charge is 2.22. The molecule has 1 fully saturated rings. The van der Waals surface area contributed by atoms with Gasteiger partial charge in [-0.25, -0.2) is 24.5 Å². The molecule has 0 radical (unpaired) electrons. The fourth-order valence-electron chi connectivity index (χ4n) is 4.40. The van der Waals surface area contributed by atoms with Gasteiger partial charge < -0.3 is 15.0 Å². The number of rotatable bonds is 6. The van der Waals surface area contributed by atoms with E-state index in [-0.39, 0.29) is 0 Å². The predicted molar refractivity (Wildman–Crippen MR) is 149 cm³/mol. The van der Waals surface area contributed by atoms with Crippen molar-refractivity contribution in [1.29, 1.82) is 0 Å². The zero-order valence-corrected chi connectivity index (χ0v) is 21.8. The van der Waals surface area contributed by atoms with Gasteiger partial charge >= 0.3 is 0 Å². The minimum Gasteiger partial charge on any atom is -0.457 e. The van der Waals surface area contributed by atoms with Gasteiger partial charge in [-0.2, -0.15) is 5.10 Å². The van der Waals surface area contributed by atoms with Crippen molar-refractivity contribution in [3.05, 3.63) is 71.6 Å². The van der Waals surface area contributed by atoms with E-state index in [1.807, 2.05) is 56.5 Å². The molecule has 0 aliphatic carbocycles. The smallest absolute Gasteiger partial charge is 0.160 e. The molecular formula is C28H32N8O. The number of likely N-dealkylation sites (tertiary alicyclic amines) is 1. The average Bonchev–Trinajstić information content (AvgIpc) is 3.61. The van der Waals surface area contributed by atoms with Crippen LogP contribution in [0.4, 0.5) is 5.69 Å². The van der Waals surface area contributed by atoms with Crippen LogP contribution < -0.4 is 10.1 Å². The van der Waals surface area contributed by atoms with Crippen LogP contribution >= 0.6 is 0 Å². The molecule has 0 unspecified atom stereocenters. The maximum Gasteiger partial charge on any atom is 0.160 e. The number of hydrogen-bond donors (Lipinski definition) is 1. The lowest BCUT2D eigenvalue weighted by atomic mass is 10.1. The fourth-order valence-corrected chi connectivity index (χ4v) is 4.40. The summed E-state index contributed by atoms with van der Waals surface area (Å²) in [5.74, 6) is 3.18. The molecule has 3 aromatic rings. The molecule has 1 aromatic carbocycles. The lowest BCUT2D eigenvalue weighted by Gasteiger charge is -2.23. The molecule has 0 spiro atoms. The Morgan fingerprint density at radius 1 is 1.19 bits per heavy atom. The number of nitrogens with zero attached hydrogens (tertiary/aromatic N) is 7. The van der Waals surface area contributed by atoms with Crippen molar-refractivity contribution in [2.75, 3.05) is 18.4 Å². The summed E-state index contributed by atoms with van der Waals surface area (Å²) in [6, 6.07) is 9.70. The van der Waals surface area contributed by atoms with Gasteiger partial charge in [-0.15, -0.1) is 0 Å². The number of aryl methyl sites for hydroxylation is 1. The fraction of sp³-hybridized carbons (Fsp3) is 0.321. The van der Waals surface area contributed by atoms with E-state index in [9.17, 15) is 0 Å². The van der Waals surface area contributed by atoms with Gasteiger partial charge in [-0.3, -0.25) is 0 Å². The number of hydrogen-bond acceptors (Lipinski definition) is 8. The monoisotopic (exact) mass is 496 g/mol. The summed E-state index contributed by atoms with van der Waals surface area (Å²) < 4.78 is 7.83. The molecule has 2 aliphatic rings. The van der Waals surface area contributed by atoms with Crippen molar-refractivity contribution >= 4 is 29.2 Å².